The largest absolute Gasteiger partial charge is 0.494 e. The van der Waals surface area contributed by atoms with Crippen molar-refractivity contribution in [2.24, 2.45) is 0 Å². The van der Waals surface area contributed by atoms with Gasteiger partial charge in [0.1, 0.15) is 17.0 Å². The molecule has 29 heavy (non-hydrogen) atoms. The van der Waals surface area contributed by atoms with E-state index in [4.69, 9.17) is 26.1 Å². The number of nitrogens with zero attached hydrogens (tertiary/aromatic N) is 3. The first kappa shape index (κ1) is 19.8. The summed E-state index contributed by atoms with van der Waals surface area (Å²) in [4.78, 5) is 21.2. The highest BCUT2D eigenvalue weighted by atomic mass is 35.5. The van der Waals surface area contributed by atoms with Crippen LogP contribution in [0, 0.1) is 6.92 Å². The van der Waals surface area contributed by atoms with Gasteiger partial charge < -0.3 is 19.3 Å². The predicted octanol–water partition coefficient (Wildman–Crippen LogP) is 3.99. The van der Waals surface area contributed by atoms with Gasteiger partial charge in [-0.25, -0.2) is 4.98 Å². The standard InChI is InChI=1S/C21H22ClN3O3S/c1-14-3-5-15(6-4-14)28-13-18(26)24-9-11-25(12-10-24)21-23-19-17(27-2)8-7-16(22)20(19)29-21/h3-8H,9-13H2,1-2H3. The van der Waals surface area contributed by atoms with Crippen molar-refractivity contribution in [2.75, 3.05) is 44.8 Å². The summed E-state index contributed by atoms with van der Waals surface area (Å²) in [5, 5.41) is 1.57. The zero-order chi connectivity index (χ0) is 20.4. The van der Waals surface area contributed by atoms with Crippen LogP contribution < -0.4 is 14.4 Å². The molecule has 0 atom stereocenters. The second-order valence-electron chi connectivity index (χ2n) is 6.89. The Balaban J connectivity index is 1.36. The molecule has 0 saturated carbocycles. The Labute approximate surface area is 178 Å². The SMILES string of the molecule is COc1ccc(Cl)c2sc(N3CCN(C(=O)COc4ccc(C)cc4)CC3)nc12. The number of carbonyl (C=O) groups excluding carboxylic acids is 1. The Bertz CT molecular complexity index is 1010. The number of aromatic nitrogens is 1. The van der Waals surface area contributed by atoms with E-state index in [1.165, 1.54) is 0 Å². The summed E-state index contributed by atoms with van der Waals surface area (Å²) < 4.78 is 11.9. The number of anilines is 1. The zero-order valence-electron chi connectivity index (χ0n) is 16.4. The highest BCUT2D eigenvalue weighted by Crippen LogP contribution is 2.38. The molecule has 3 aromatic rings. The van der Waals surface area contributed by atoms with E-state index < -0.39 is 0 Å². The number of halogens is 1. The third-order valence-corrected chi connectivity index (χ3v) is 6.53. The fourth-order valence-electron chi connectivity index (χ4n) is 3.26. The van der Waals surface area contributed by atoms with Gasteiger partial charge in [0.15, 0.2) is 11.7 Å². The van der Waals surface area contributed by atoms with Crippen LogP contribution in [0.15, 0.2) is 36.4 Å². The molecular weight excluding hydrogens is 410 g/mol. The maximum atomic E-state index is 12.5. The number of rotatable bonds is 5. The molecule has 1 aliphatic heterocycles. The first-order valence-corrected chi connectivity index (χ1v) is 10.6. The lowest BCUT2D eigenvalue weighted by atomic mass is 10.2. The van der Waals surface area contributed by atoms with Crippen molar-refractivity contribution in [3.8, 4) is 11.5 Å². The van der Waals surface area contributed by atoms with E-state index in [1.54, 1.807) is 18.4 Å². The van der Waals surface area contributed by atoms with Crippen molar-refractivity contribution in [3.63, 3.8) is 0 Å². The Morgan fingerprint density at radius 1 is 1.14 bits per heavy atom. The molecule has 0 aliphatic carbocycles. The average Bonchev–Trinajstić information content (AvgIpc) is 3.20. The van der Waals surface area contributed by atoms with E-state index >= 15 is 0 Å². The number of thiazole rings is 1. The Morgan fingerprint density at radius 3 is 2.55 bits per heavy atom. The van der Waals surface area contributed by atoms with E-state index in [1.807, 2.05) is 48.2 Å². The summed E-state index contributed by atoms with van der Waals surface area (Å²) in [6.07, 6.45) is 0. The van der Waals surface area contributed by atoms with Crippen LogP contribution in [0.5, 0.6) is 11.5 Å². The number of ether oxygens (including phenoxy) is 2. The number of hydrogen-bond donors (Lipinski definition) is 0. The highest BCUT2D eigenvalue weighted by molar-refractivity contribution is 7.22. The third kappa shape index (κ3) is 4.26. The van der Waals surface area contributed by atoms with E-state index in [0.29, 0.717) is 29.6 Å². The van der Waals surface area contributed by atoms with E-state index in [-0.39, 0.29) is 12.5 Å². The minimum absolute atomic E-state index is 0.000705. The van der Waals surface area contributed by atoms with Crippen molar-refractivity contribution in [2.45, 2.75) is 6.92 Å². The van der Waals surface area contributed by atoms with Crippen LogP contribution in [0.1, 0.15) is 5.56 Å². The number of fused-ring (bicyclic) bond motifs is 1. The van der Waals surface area contributed by atoms with Gasteiger partial charge in [-0.3, -0.25) is 4.79 Å². The summed E-state index contributed by atoms with van der Waals surface area (Å²) in [5.74, 6) is 1.43. The smallest absolute Gasteiger partial charge is 0.260 e. The molecule has 2 heterocycles. The number of aryl methyl sites for hydroxylation is 1. The lowest BCUT2D eigenvalue weighted by Crippen LogP contribution is -2.50. The molecule has 0 bridgehead atoms. The van der Waals surface area contributed by atoms with Crippen LogP contribution >= 0.6 is 22.9 Å². The van der Waals surface area contributed by atoms with Crippen LogP contribution in [-0.4, -0.2) is 55.7 Å². The minimum atomic E-state index is -0.000705. The first-order valence-electron chi connectivity index (χ1n) is 9.40. The number of amides is 1. The molecule has 8 heteroatoms. The van der Waals surface area contributed by atoms with Crippen molar-refractivity contribution in [3.05, 3.63) is 47.0 Å². The molecule has 0 radical (unpaired) electrons. The van der Waals surface area contributed by atoms with Gasteiger partial charge in [-0.05, 0) is 31.2 Å². The molecular formula is C21H22ClN3O3S. The van der Waals surface area contributed by atoms with Crippen LogP contribution in [0.4, 0.5) is 5.13 Å². The highest BCUT2D eigenvalue weighted by Gasteiger charge is 2.24. The molecule has 1 saturated heterocycles. The molecule has 2 aromatic carbocycles. The zero-order valence-corrected chi connectivity index (χ0v) is 17.9. The van der Waals surface area contributed by atoms with Crippen molar-refractivity contribution in [1.29, 1.82) is 0 Å². The lowest BCUT2D eigenvalue weighted by molar-refractivity contribution is -0.133. The average molecular weight is 432 g/mol. The molecule has 1 fully saturated rings. The summed E-state index contributed by atoms with van der Waals surface area (Å²) in [7, 11) is 1.63. The summed E-state index contributed by atoms with van der Waals surface area (Å²) in [6, 6.07) is 11.4. The number of carbonyl (C=O) groups is 1. The molecule has 0 spiro atoms. The van der Waals surface area contributed by atoms with Gasteiger partial charge >= 0.3 is 0 Å². The summed E-state index contributed by atoms with van der Waals surface area (Å²) in [6.45, 7) is 4.78. The molecule has 6 nitrogen and oxygen atoms in total. The first-order chi connectivity index (χ1) is 14.0. The molecule has 0 unspecified atom stereocenters. The fourth-order valence-corrected chi connectivity index (χ4v) is 4.57. The van der Waals surface area contributed by atoms with Gasteiger partial charge in [0, 0.05) is 26.2 Å². The van der Waals surface area contributed by atoms with E-state index in [0.717, 1.165) is 34.0 Å². The van der Waals surface area contributed by atoms with E-state index in [9.17, 15) is 4.79 Å². The molecule has 0 N–H and O–H groups in total. The van der Waals surface area contributed by atoms with Crippen LogP contribution in [-0.2, 0) is 4.79 Å². The quantitative estimate of drug-likeness (QED) is 0.611. The Hall–Kier alpha value is -2.51. The van der Waals surface area contributed by atoms with Crippen LogP contribution in [0.3, 0.4) is 0 Å². The minimum Gasteiger partial charge on any atom is -0.494 e. The maximum Gasteiger partial charge on any atom is 0.260 e. The second-order valence-corrected chi connectivity index (χ2v) is 8.28. The Kier molecular flexibility index (Phi) is 5.78. The van der Waals surface area contributed by atoms with Gasteiger partial charge in [-0.15, -0.1) is 0 Å². The lowest BCUT2D eigenvalue weighted by Gasteiger charge is -2.34. The molecule has 1 amide bonds. The molecule has 1 aromatic heterocycles. The van der Waals surface area contributed by atoms with Gasteiger partial charge in [0.25, 0.3) is 5.91 Å². The second kappa shape index (κ2) is 8.47. The number of methoxy groups -OCH3 is 1. The monoisotopic (exact) mass is 431 g/mol. The molecule has 1 aliphatic rings. The molecule has 4 rings (SSSR count). The van der Waals surface area contributed by atoms with Gasteiger partial charge in [-0.2, -0.15) is 0 Å². The molecule has 152 valence electrons. The van der Waals surface area contributed by atoms with Crippen molar-refractivity contribution >= 4 is 44.2 Å². The van der Waals surface area contributed by atoms with Crippen LogP contribution in [0.25, 0.3) is 10.2 Å². The topological polar surface area (TPSA) is 54.9 Å². The number of piperazine rings is 1. The van der Waals surface area contributed by atoms with Gasteiger partial charge in [-0.1, -0.05) is 40.6 Å². The summed E-state index contributed by atoms with van der Waals surface area (Å²) in [5.41, 5.74) is 1.94. The number of benzene rings is 2. The van der Waals surface area contributed by atoms with E-state index in [2.05, 4.69) is 4.90 Å². The van der Waals surface area contributed by atoms with Crippen molar-refractivity contribution in [1.82, 2.24) is 9.88 Å². The fraction of sp³-hybridized carbons (Fsp3) is 0.333. The third-order valence-electron chi connectivity index (χ3n) is 4.95. The summed E-state index contributed by atoms with van der Waals surface area (Å²) >= 11 is 7.88. The maximum absolute atomic E-state index is 12.5. The van der Waals surface area contributed by atoms with Gasteiger partial charge in [0.05, 0.1) is 16.8 Å². The predicted molar refractivity (Wildman–Crippen MR) is 117 cm³/mol. The Morgan fingerprint density at radius 2 is 1.86 bits per heavy atom. The normalized spacial score (nSPS) is 14.3. The van der Waals surface area contributed by atoms with Crippen LogP contribution in [0.2, 0.25) is 5.02 Å². The van der Waals surface area contributed by atoms with Gasteiger partial charge in [0.2, 0.25) is 0 Å². The van der Waals surface area contributed by atoms with Crippen molar-refractivity contribution < 1.29 is 14.3 Å². The number of hydrogen-bond acceptors (Lipinski definition) is 6.